The standard InChI is InChI=1S/C10H12N2O3/c1-3-11-10(13)8-4-5-9(12(14)15)7(2)6-8/h4-6H,3H2,1-2H3,(H,11,13). The van der Waals surface area contributed by atoms with Gasteiger partial charge in [-0.05, 0) is 26.0 Å². The average molecular weight is 208 g/mol. The monoisotopic (exact) mass is 208 g/mol. The fraction of sp³-hybridized carbons (Fsp3) is 0.300. The number of nitrogens with zero attached hydrogens (tertiary/aromatic N) is 1. The van der Waals surface area contributed by atoms with Crippen molar-refractivity contribution in [3.8, 4) is 0 Å². The molecule has 0 saturated carbocycles. The molecular weight excluding hydrogens is 196 g/mol. The van der Waals surface area contributed by atoms with Gasteiger partial charge in [-0.2, -0.15) is 0 Å². The highest BCUT2D eigenvalue weighted by Gasteiger charge is 2.12. The SMILES string of the molecule is CCNC(=O)c1ccc([N+](=O)[O-])c(C)c1. The molecule has 0 heterocycles. The molecule has 1 aromatic rings. The van der Waals surface area contributed by atoms with Gasteiger partial charge in [-0.1, -0.05) is 0 Å². The number of hydrogen-bond donors (Lipinski definition) is 1. The average Bonchev–Trinajstić information content (AvgIpc) is 2.17. The fourth-order valence-corrected chi connectivity index (χ4v) is 1.26. The molecule has 0 atom stereocenters. The Kier molecular flexibility index (Phi) is 3.38. The molecule has 0 saturated heterocycles. The molecule has 0 aliphatic rings. The molecule has 1 aromatic carbocycles. The van der Waals surface area contributed by atoms with E-state index in [4.69, 9.17) is 0 Å². The smallest absolute Gasteiger partial charge is 0.272 e. The van der Waals surface area contributed by atoms with Crippen LogP contribution in [0.3, 0.4) is 0 Å². The summed E-state index contributed by atoms with van der Waals surface area (Å²) in [7, 11) is 0. The zero-order valence-corrected chi connectivity index (χ0v) is 8.61. The van der Waals surface area contributed by atoms with E-state index in [1.165, 1.54) is 18.2 Å². The molecule has 0 bridgehead atoms. The number of nitrogens with one attached hydrogen (secondary N) is 1. The first-order valence-corrected chi connectivity index (χ1v) is 4.59. The van der Waals surface area contributed by atoms with Crippen molar-refractivity contribution in [2.45, 2.75) is 13.8 Å². The topological polar surface area (TPSA) is 72.2 Å². The van der Waals surface area contributed by atoms with Crippen LogP contribution in [0.1, 0.15) is 22.8 Å². The van der Waals surface area contributed by atoms with Gasteiger partial charge in [0.25, 0.3) is 11.6 Å². The fourth-order valence-electron chi connectivity index (χ4n) is 1.26. The number of hydrogen-bond acceptors (Lipinski definition) is 3. The van der Waals surface area contributed by atoms with E-state index in [2.05, 4.69) is 5.32 Å². The van der Waals surface area contributed by atoms with Crippen LogP contribution in [0.4, 0.5) is 5.69 Å². The summed E-state index contributed by atoms with van der Waals surface area (Å²) in [4.78, 5) is 21.5. The van der Waals surface area contributed by atoms with Crippen LogP contribution in [0.2, 0.25) is 0 Å². The Morgan fingerprint density at radius 1 is 1.53 bits per heavy atom. The number of rotatable bonds is 3. The second-order valence-electron chi connectivity index (χ2n) is 3.12. The van der Waals surface area contributed by atoms with Gasteiger partial charge >= 0.3 is 0 Å². The number of carbonyl (C=O) groups excluding carboxylic acids is 1. The van der Waals surface area contributed by atoms with Gasteiger partial charge in [-0.3, -0.25) is 14.9 Å². The predicted octanol–water partition coefficient (Wildman–Crippen LogP) is 1.65. The zero-order valence-electron chi connectivity index (χ0n) is 8.61. The maximum Gasteiger partial charge on any atom is 0.272 e. The Hall–Kier alpha value is -1.91. The van der Waals surface area contributed by atoms with E-state index >= 15 is 0 Å². The Labute approximate surface area is 87.3 Å². The first-order valence-electron chi connectivity index (χ1n) is 4.59. The van der Waals surface area contributed by atoms with Crippen molar-refractivity contribution in [2.24, 2.45) is 0 Å². The predicted molar refractivity (Wildman–Crippen MR) is 55.8 cm³/mol. The molecule has 1 N–H and O–H groups in total. The number of benzene rings is 1. The van der Waals surface area contributed by atoms with Crippen molar-refractivity contribution in [1.29, 1.82) is 0 Å². The first-order chi connectivity index (χ1) is 7.06. The lowest BCUT2D eigenvalue weighted by atomic mass is 10.1. The molecule has 0 unspecified atom stereocenters. The van der Waals surface area contributed by atoms with Crippen LogP contribution in [0.5, 0.6) is 0 Å². The van der Waals surface area contributed by atoms with Crippen LogP contribution in [-0.2, 0) is 0 Å². The quantitative estimate of drug-likeness (QED) is 0.606. The molecule has 0 aromatic heterocycles. The highest BCUT2D eigenvalue weighted by Crippen LogP contribution is 2.18. The third-order valence-electron chi connectivity index (χ3n) is 1.99. The normalized spacial score (nSPS) is 9.73. The van der Waals surface area contributed by atoms with E-state index in [0.717, 1.165) is 0 Å². The lowest BCUT2D eigenvalue weighted by Crippen LogP contribution is -2.22. The van der Waals surface area contributed by atoms with Gasteiger partial charge in [0.2, 0.25) is 0 Å². The van der Waals surface area contributed by atoms with Crippen molar-refractivity contribution < 1.29 is 9.72 Å². The Balaban J connectivity index is 3.01. The summed E-state index contributed by atoms with van der Waals surface area (Å²) in [6.07, 6.45) is 0. The molecular formula is C10H12N2O3. The zero-order chi connectivity index (χ0) is 11.4. The summed E-state index contributed by atoms with van der Waals surface area (Å²) in [5.74, 6) is -0.213. The highest BCUT2D eigenvalue weighted by molar-refractivity contribution is 5.94. The largest absolute Gasteiger partial charge is 0.352 e. The maximum atomic E-state index is 11.4. The third-order valence-corrected chi connectivity index (χ3v) is 1.99. The van der Waals surface area contributed by atoms with E-state index < -0.39 is 4.92 Å². The van der Waals surface area contributed by atoms with E-state index in [-0.39, 0.29) is 11.6 Å². The minimum atomic E-state index is -0.461. The summed E-state index contributed by atoms with van der Waals surface area (Å²) >= 11 is 0. The number of carbonyl (C=O) groups is 1. The summed E-state index contributed by atoms with van der Waals surface area (Å²) in [5.41, 5.74) is 0.965. The van der Waals surface area contributed by atoms with Crippen molar-refractivity contribution >= 4 is 11.6 Å². The van der Waals surface area contributed by atoms with Gasteiger partial charge < -0.3 is 5.32 Å². The van der Waals surface area contributed by atoms with Crippen molar-refractivity contribution in [3.05, 3.63) is 39.4 Å². The van der Waals surface area contributed by atoms with Gasteiger partial charge in [0, 0.05) is 23.7 Å². The van der Waals surface area contributed by atoms with Gasteiger partial charge in [-0.15, -0.1) is 0 Å². The number of amides is 1. The molecule has 1 rings (SSSR count). The second kappa shape index (κ2) is 4.54. The Morgan fingerprint density at radius 3 is 2.67 bits per heavy atom. The molecule has 15 heavy (non-hydrogen) atoms. The molecule has 5 nitrogen and oxygen atoms in total. The van der Waals surface area contributed by atoms with Crippen LogP contribution >= 0.6 is 0 Å². The molecule has 0 aliphatic carbocycles. The Bertz CT molecular complexity index is 402. The minimum absolute atomic E-state index is 0.0306. The molecule has 80 valence electrons. The van der Waals surface area contributed by atoms with E-state index in [1.807, 2.05) is 6.92 Å². The van der Waals surface area contributed by atoms with Gasteiger partial charge in [0.1, 0.15) is 0 Å². The molecule has 1 amide bonds. The third kappa shape index (κ3) is 2.52. The summed E-state index contributed by atoms with van der Waals surface area (Å²) < 4.78 is 0. The molecule has 0 fully saturated rings. The van der Waals surface area contributed by atoms with Gasteiger partial charge in [-0.25, -0.2) is 0 Å². The van der Waals surface area contributed by atoms with E-state index in [9.17, 15) is 14.9 Å². The first kappa shape index (κ1) is 11.2. The molecule has 0 spiro atoms. The number of nitro benzene ring substituents is 1. The summed E-state index contributed by atoms with van der Waals surface area (Å²) in [6, 6.07) is 4.32. The summed E-state index contributed by atoms with van der Waals surface area (Å²) in [6.45, 7) is 3.96. The van der Waals surface area contributed by atoms with E-state index in [1.54, 1.807) is 6.92 Å². The second-order valence-corrected chi connectivity index (χ2v) is 3.12. The van der Waals surface area contributed by atoms with Crippen LogP contribution in [0.25, 0.3) is 0 Å². The minimum Gasteiger partial charge on any atom is -0.352 e. The van der Waals surface area contributed by atoms with Crippen molar-refractivity contribution in [2.75, 3.05) is 6.54 Å². The van der Waals surface area contributed by atoms with Crippen LogP contribution in [-0.4, -0.2) is 17.4 Å². The summed E-state index contributed by atoms with van der Waals surface area (Å²) in [5, 5.41) is 13.2. The van der Waals surface area contributed by atoms with Crippen molar-refractivity contribution in [1.82, 2.24) is 5.32 Å². The number of nitro groups is 1. The lowest BCUT2D eigenvalue weighted by molar-refractivity contribution is -0.385. The lowest BCUT2D eigenvalue weighted by Gasteiger charge is -2.03. The van der Waals surface area contributed by atoms with Crippen LogP contribution in [0.15, 0.2) is 18.2 Å². The Morgan fingerprint density at radius 2 is 2.20 bits per heavy atom. The molecule has 0 aliphatic heterocycles. The molecule has 5 heteroatoms. The van der Waals surface area contributed by atoms with Crippen LogP contribution in [0, 0.1) is 17.0 Å². The number of aryl methyl sites for hydroxylation is 1. The van der Waals surface area contributed by atoms with Crippen molar-refractivity contribution in [3.63, 3.8) is 0 Å². The van der Waals surface area contributed by atoms with Gasteiger partial charge in [0.05, 0.1) is 4.92 Å². The molecule has 0 radical (unpaired) electrons. The highest BCUT2D eigenvalue weighted by atomic mass is 16.6. The van der Waals surface area contributed by atoms with Gasteiger partial charge in [0.15, 0.2) is 0 Å². The van der Waals surface area contributed by atoms with E-state index in [0.29, 0.717) is 17.7 Å². The van der Waals surface area contributed by atoms with Crippen LogP contribution < -0.4 is 5.32 Å². The maximum absolute atomic E-state index is 11.4.